The van der Waals surface area contributed by atoms with Gasteiger partial charge in [0, 0.05) is 29.0 Å². The van der Waals surface area contributed by atoms with Crippen LogP contribution in [0.2, 0.25) is 0 Å². The van der Waals surface area contributed by atoms with Crippen molar-refractivity contribution in [2.75, 3.05) is 28.4 Å². The minimum atomic E-state index is -0.463. The van der Waals surface area contributed by atoms with Gasteiger partial charge in [-0.05, 0) is 23.8 Å². The monoisotopic (exact) mass is 450 g/mol. The highest BCUT2D eigenvalue weighted by atomic mass is 16.6. The van der Waals surface area contributed by atoms with Crippen molar-refractivity contribution in [3.05, 3.63) is 74.6 Å². The molecule has 0 saturated carbocycles. The second kappa shape index (κ2) is 8.70. The van der Waals surface area contributed by atoms with Crippen LogP contribution in [0.1, 0.15) is 5.56 Å². The Labute approximate surface area is 188 Å². The lowest BCUT2D eigenvalue weighted by molar-refractivity contribution is -0.384. The van der Waals surface area contributed by atoms with E-state index in [9.17, 15) is 14.9 Å². The summed E-state index contributed by atoms with van der Waals surface area (Å²) in [4.78, 5) is 24.3. The Hall–Kier alpha value is -4.27. The number of methoxy groups -OCH3 is 4. The highest BCUT2D eigenvalue weighted by Crippen LogP contribution is 2.40. The number of benzene rings is 3. The van der Waals surface area contributed by atoms with E-state index in [1.165, 1.54) is 33.5 Å². The van der Waals surface area contributed by atoms with Gasteiger partial charge in [-0.2, -0.15) is 0 Å². The second-order valence-corrected chi connectivity index (χ2v) is 7.26. The Balaban J connectivity index is 2.08. The Morgan fingerprint density at radius 1 is 0.818 bits per heavy atom. The number of fused-ring (bicyclic) bond motifs is 3. The van der Waals surface area contributed by atoms with Gasteiger partial charge in [0.1, 0.15) is 0 Å². The van der Waals surface area contributed by atoms with Crippen molar-refractivity contribution >= 4 is 27.4 Å². The van der Waals surface area contributed by atoms with Gasteiger partial charge in [0.2, 0.25) is 0 Å². The van der Waals surface area contributed by atoms with E-state index in [-0.39, 0.29) is 17.8 Å². The van der Waals surface area contributed by atoms with Gasteiger partial charge in [0.05, 0.1) is 50.8 Å². The summed E-state index contributed by atoms with van der Waals surface area (Å²) >= 11 is 0. The molecule has 0 fully saturated rings. The fraction of sp³-hybridized carbons (Fsp3) is 0.208. The van der Waals surface area contributed by atoms with Crippen LogP contribution in [0.3, 0.4) is 0 Å². The highest BCUT2D eigenvalue weighted by molar-refractivity contribution is 6.09. The van der Waals surface area contributed by atoms with Crippen LogP contribution in [0, 0.1) is 10.1 Å². The summed E-state index contributed by atoms with van der Waals surface area (Å²) in [6.07, 6.45) is 0. The average Bonchev–Trinajstić information content (AvgIpc) is 2.84. The fourth-order valence-electron chi connectivity index (χ4n) is 3.98. The highest BCUT2D eigenvalue weighted by Gasteiger charge is 2.20. The van der Waals surface area contributed by atoms with Gasteiger partial charge in [-0.25, -0.2) is 0 Å². The first kappa shape index (κ1) is 21.9. The average molecular weight is 450 g/mol. The zero-order chi connectivity index (χ0) is 23.7. The number of nitro benzene ring substituents is 1. The number of non-ortho nitro benzene ring substituents is 1. The van der Waals surface area contributed by atoms with Gasteiger partial charge < -0.3 is 23.5 Å². The quantitative estimate of drug-likeness (QED) is 0.237. The molecule has 33 heavy (non-hydrogen) atoms. The first-order chi connectivity index (χ1) is 15.9. The van der Waals surface area contributed by atoms with Crippen molar-refractivity contribution in [1.82, 2.24) is 4.57 Å². The summed E-state index contributed by atoms with van der Waals surface area (Å²) in [5.41, 5.74) is 1.03. The molecule has 0 amide bonds. The summed E-state index contributed by atoms with van der Waals surface area (Å²) in [5.74, 6) is 1.75. The first-order valence-corrected chi connectivity index (χ1v) is 10.00. The normalized spacial score (nSPS) is 10.9. The van der Waals surface area contributed by atoms with Crippen molar-refractivity contribution in [3.8, 4) is 23.0 Å². The maximum Gasteiger partial charge on any atom is 0.269 e. The molecule has 0 unspecified atom stereocenters. The summed E-state index contributed by atoms with van der Waals surface area (Å²) < 4.78 is 23.5. The molecule has 0 aliphatic carbocycles. The van der Waals surface area contributed by atoms with Gasteiger partial charge >= 0.3 is 0 Å². The van der Waals surface area contributed by atoms with E-state index in [1.54, 1.807) is 35.9 Å². The van der Waals surface area contributed by atoms with Gasteiger partial charge in [0.25, 0.3) is 11.2 Å². The summed E-state index contributed by atoms with van der Waals surface area (Å²) in [6.45, 7) is 0.180. The van der Waals surface area contributed by atoms with Crippen molar-refractivity contribution in [3.63, 3.8) is 0 Å². The topological polar surface area (TPSA) is 102 Å². The van der Waals surface area contributed by atoms with E-state index in [0.717, 1.165) is 10.9 Å². The molecule has 0 saturated heterocycles. The van der Waals surface area contributed by atoms with E-state index in [1.807, 2.05) is 12.1 Å². The maximum absolute atomic E-state index is 13.8. The molecule has 9 nitrogen and oxygen atoms in total. The van der Waals surface area contributed by atoms with Crippen LogP contribution in [-0.4, -0.2) is 37.9 Å². The number of hydrogen-bond acceptors (Lipinski definition) is 7. The molecule has 9 heteroatoms. The lowest BCUT2D eigenvalue weighted by atomic mass is 10.0. The molecule has 0 N–H and O–H groups in total. The van der Waals surface area contributed by atoms with E-state index in [2.05, 4.69) is 0 Å². The SMILES string of the molecule is COc1cc2c3ccc(OC)c(OC)c3c(=O)n(Cc3ccc([N+](=O)[O-])cc3)c2cc1OC. The molecular formula is C24H22N2O7. The van der Waals surface area contributed by atoms with E-state index >= 15 is 0 Å². The number of aromatic nitrogens is 1. The van der Waals surface area contributed by atoms with Gasteiger partial charge in [-0.15, -0.1) is 0 Å². The predicted molar refractivity (Wildman–Crippen MR) is 124 cm³/mol. The lowest BCUT2D eigenvalue weighted by Gasteiger charge is -2.18. The minimum Gasteiger partial charge on any atom is -0.493 e. The first-order valence-electron chi connectivity index (χ1n) is 10.00. The summed E-state index contributed by atoms with van der Waals surface area (Å²) in [6, 6.07) is 13.2. The molecule has 1 heterocycles. The van der Waals surface area contributed by atoms with Crippen molar-refractivity contribution < 1.29 is 23.9 Å². The van der Waals surface area contributed by atoms with E-state index in [4.69, 9.17) is 18.9 Å². The van der Waals surface area contributed by atoms with Crippen LogP contribution < -0.4 is 24.5 Å². The van der Waals surface area contributed by atoms with Crippen LogP contribution in [0.4, 0.5) is 5.69 Å². The molecule has 0 spiro atoms. The molecule has 0 radical (unpaired) electrons. The number of rotatable bonds is 7. The molecular weight excluding hydrogens is 428 g/mol. The Morgan fingerprint density at radius 2 is 1.45 bits per heavy atom. The fourth-order valence-corrected chi connectivity index (χ4v) is 3.98. The number of nitro groups is 1. The third-order valence-corrected chi connectivity index (χ3v) is 5.58. The lowest BCUT2D eigenvalue weighted by Crippen LogP contribution is -2.22. The minimum absolute atomic E-state index is 0.0210. The molecule has 170 valence electrons. The summed E-state index contributed by atoms with van der Waals surface area (Å²) in [5, 5.41) is 12.8. The Morgan fingerprint density at radius 3 is 2.03 bits per heavy atom. The third-order valence-electron chi connectivity index (χ3n) is 5.58. The zero-order valence-electron chi connectivity index (χ0n) is 18.6. The number of nitrogens with zero attached hydrogens (tertiary/aromatic N) is 2. The molecule has 4 aromatic rings. The Kier molecular flexibility index (Phi) is 5.78. The molecule has 0 atom stereocenters. The Bertz CT molecular complexity index is 1430. The van der Waals surface area contributed by atoms with Crippen LogP contribution in [0.15, 0.2) is 53.3 Å². The number of pyridine rings is 1. The molecule has 0 bridgehead atoms. The van der Waals surface area contributed by atoms with Gasteiger partial charge in [-0.3, -0.25) is 14.9 Å². The smallest absolute Gasteiger partial charge is 0.269 e. The van der Waals surface area contributed by atoms with E-state index in [0.29, 0.717) is 39.3 Å². The van der Waals surface area contributed by atoms with Crippen LogP contribution in [0.5, 0.6) is 23.0 Å². The van der Waals surface area contributed by atoms with Crippen molar-refractivity contribution in [2.45, 2.75) is 6.54 Å². The summed E-state index contributed by atoms with van der Waals surface area (Å²) in [7, 11) is 6.06. The number of hydrogen-bond donors (Lipinski definition) is 0. The maximum atomic E-state index is 13.8. The zero-order valence-corrected chi connectivity index (χ0v) is 18.6. The predicted octanol–water partition coefficient (Wildman–Crippen LogP) is 4.15. The molecule has 4 rings (SSSR count). The van der Waals surface area contributed by atoms with Crippen molar-refractivity contribution in [1.29, 1.82) is 0 Å². The molecule has 3 aromatic carbocycles. The molecule has 0 aliphatic rings. The largest absolute Gasteiger partial charge is 0.493 e. The molecule has 1 aromatic heterocycles. The van der Waals surface area contributed by atoms with E-state index < -0.39 is 4.92 Å². The van der Waals surface area contributed by atoms with Crippen LogP contribution in [0.25, 0.3) is 21.7 Å². The van der Waals surface area contributed by atoms with Gasteiger partial charge in [-0.1, -0.05) is 12.1 Å². The molecule has 0 aliphatic heterocycles. The van der Waals surface area contributed by atoms with Gasteiger partial charge in [0.15, 0.2) is 23.0 Å². The van der Waals surface area contributed by atoms with Crippen LogP contribution in [-0.2, 0) is 6.54 Å². The van der Waals surface area contributed by atoms with Crippen molar-refractivity contribution in [2.24, 2.45) is 0 Å². The second-order valence-electron chi connectivity index (χ2n) is 7.26. The third kappa shape index (κ3) is 3.67. The van der Waals surface area contributed by atoms with Crippen LogP contribution >= 0.6 is 0 Å². The number of ether oxygens (including phenoxy) is 4. The standard InChI is InChI=1S/C24H22N2O7/c1-30-19-10-9-16-17-11-20(31-2)21(32-3)12-18(17)25(24(27)22(16)23(19)33-4)13-14-5-7-15(8-6-14)26(28)29/h5-12H,13H2,1-4H3.